The van der Waals surface area contributed by atoms with Crippen LogP contribution >= 0.6 is 11.6 Å². The van der Waals surface area contributed by atoms with Crippen molar-refractivity contribution in [3.05, 3.63) is 34.9 Å². The molecule has 0 radical (unpaired) electrons. The van der Waals surface area contributed by atoms with Crippen LogP contribution in [0.5, 0.6) is 0 Å². The number of nitrogens with one attached hydrogen (secondary N) is 1. The summed E-state index contributed by atoms with van der Waals surface area (Å²) in [5, 5.41) is 3.61. The summed E-state index contributed by atoms with van der Waals surface area (Å²) in [7, 11) is 0. The molecule has 122 valence electrons. The lowest BCUT2D eigenvalue weighted by atomic mass is 10.1. The van der Waals surface area contributed by atoms with E-state index in [2.05, 4.69) is 5.32 Å². The Bertz CT molecular complexity index is 505. The Labute approximate surface area is 137 Å². The van der Waals surface area contributed by atoms with Gasteiger partial charge in [-0.25, -0.2) is 0 Å². The zero-order valence-corrected chi connectivity index (χ0v) is 14.3. The zero-order valence-electron chi connectivity index (χ0n) is 13.6. The van der Waals surface area contributed by atoms with Crippen molar-refractivity contribution in [3.63, 3.8) is 0 Å². The lowest BCUT2D eigenvalue weighted by Crippen LogP contribution is -2.37. The van der Waals surface area contributed by atoms with Crippen LogP contribution in [0.25, 0.3) is 0 Å². The molecule has 1 atom stereocenters. The molecule has 0 spiro atoms. The molecule has 0 aliphatic carbocycles. The summed E-state index contributed by atoms with van der Waals surface area (Å²) in [5.74, 6) is -0.0262. The SMILES string of the molecule is CCC(C)NC(=O)CCN(CCc1cccc(Cl)c1)C(C)=O. The molecule has 0 aliphatic rings. The molecule has 0 fully saturated rings. The van der Waals surface area contributed by atoms with Crippen LogP contribution in [0, 0.1) is 0 Å². The highest BCUT2D eigenvalue weighted by Gasteiger charge is 2.12. The number of amides is 2. The van der Waals surface area contributed by atoms with Gasteiger partial charge in [0.1, 0.15) is 0 Å². The van der Waals surface area contributed by atoms with Gasteiger partial charge in [0, 0.05) is 37.5 Å². The maximum Gasteiger partial charge on any atom is 0.221 e. The number of carbonyl (C=O) groups excluding carboxylic acids is 2. The Hall–Kier alpha value is -1.55. The molecule has 0 heterocycles. The highest BCUT2D eigenvalue weighted by Crippen LogP contribution is 2.11. The van der Waals surface area contributed by atoms with E-state index >= 15 is 0 Å². The molecular formula is C17H25ClN2O2. The van der Waals surface area contributed by atoms with E-state index < -0.39 is 0 Å². The fourth-order valence-electron chi connectivity index (χ4n) is 2.07. The van der Waals surface area contributed by atoms with Crippen molar-refractivity contribution in [1.82, 2.24) is 10.2 Å². The van der Waals surface area contributed by atoms with Crippen LogP contribution in [0.15, 0.2) is 24.3 Å². The second-order valence-corrected chi connectivity index (χ2v) is 5.95. The van der Waals surface area contributed by atoms with Gasteiger partial charge in [-0.3, -0.25) is 9.59 Å². The Balaban J connectivity index is 2.45. The van der Waals surface area contributed by atoms with Crippen LogP contribution in [0.2, 0.25) is 5.02 Å². The van der Waals surface area contributed by atoms with Crippen molar-refractivity contribution in [3.8, 4) is 0 Å². The first-order chi connectivity index (χ1) is 10.4. The standard InChI is InChI=1S/C17H25ClN2O2/c1-4-13(2)19-17(22)9-11-20(14(3)21)10-8-15-6-5-7-16(18)12-15/h5-7,12-13H,4,8-11H2,1-3H3,(H,19,22). The fraction of sp³-hybridized carbons (Fsp3) is 0.529. The number of hydrogen-bond acceptors (Lipinski definition) is 2. The minimum absolute atomic E-state index is 0.0108. The van der Waals surface area contributed by atoms with Gasteiger partial charge in [-0.1, -0.05) is 30.7 Å². The summed E-state index contributed by atoms with van der Waals surface area (Å²) in [6, 6.07) is 7.78. The first-order valence-corrected chi connectivity index (χ1v) is 8.09. The van der Waals surface area contributed by atoms with E-state index in [9.17, 15) is 9.59 Å². The van der Waals surface area contributed by atoms with Gasteiger partial charge in [0.15, 0.2) is 0 Å². The van der Waals surface area contributed by atoms with Gasteiger partial charge >= 0.3 is 0 Å². The van der Waals surface area contributed by atoms with Crippen LogP contribution in [-0.2, 0) is 16.0 Å². The largest absolute Gasteiger partial charge is 0.354 e. The predicted octanol–water partition coefficient (Wildman–Crippen LogP) is 3.04. The summed E-state index contributed by atoms with van der Waals surface area (Å²) < 4.78 is 0. The van der Waals surface area contributed by atoms with Gasteiger partial charge < -0.3 is 10.2 Å². The molecular weight excluding hydrogens is 300 g/mol. The fourth-order valence-corrected chi connectivity index (χ4v) is 2.28. The van der Waals surface area contributed by atoms with Crippen LogP contribution in [0.4, 0.5) is 0 Å². The predicted molar refractivity (Wildman–Crippen MR) is 89.9 cm³/mol. The van der Waals surface area contributed by atoms with Crippen molar-refractivity contribution < 1.29 is 9.59 Å². The molecule has 0 aliphatic heterocycles. The lowest BCUT2D eigenvalue weighted by Gasteiger charge is -2.21. The average Bonchev–Trinajstić information content (AvgIpc) is 2.46. The number of carbonyl (C=O) groups is 2. The molecule has 1 N–H and O–H groups in total. The Morgan fingerprint density at radius 1 is 1.32 bits per heavy atom. The summed E-state index contributed by atoms with van der Waals surface area (Å²) in [6.45, 7) is 6.56. The normalized spacial score (nSPS) is 11.8. The van der Waals surface area contributed by atoms with Crippen LogP contribution < -0.4 is 5.32 Å². The average molecular weight is 325 g/mol. The van der Waals surface area contributed by atoms with Crippen LogP contribution in [0.3, 0.4) is 0 Å². The highest BCUT2D eigenvalue weighted by atomic mass is 35.5. The highest BCUT2D eigenvalue weighted by molar-refractivity contribution is 6.30. The van der Waals surface area contributed by atoms with Gasteiger partial charge in [-0.15, -0.1) is 0 Å². The summed E-state index contributed by atoms with van der Waals surface area (Å²) in [5.41, 5.74) is 1.09. The minimum Gasteiger partial charge on any atom is -0.354 e. The molecule has 0 saturated carbocycles. The second kappa shape index (κ2) is 9.46. The molecule has 5 heteroatoms. The van der Waals surface area contributed by atoms with Gasteiger partial charge in [0.25, 0.3) is 0 Å². The van der Waals surface area contributed by atoms with Gasteiger partial charge in [0.05, 0.1) is 0 Å². The molecule has 0 bridgehead atoms. The van der Waals surface area contributed by atoms with Crippen molar-refractivity contribution in [2.45, 2.75) is 46.1 Å². The Morgan fingerprint density at radius 2 is 2.05 bits per heavy atom. The third kappa shape index (κ3) is 6.94. The molecule has 1 rings (SSSR count). The van der Waals surface area contributed by atoms with E-state index in [-0.39, 0.29) is 17.9 Å². The maximum atomic E-state index is 11.8. The molecule has 1 unspecified atom stereocenters. The number of rotatable bonds is 8. The molecule has 1 aromatic carbocycles. The monoisotopic (exact) mass is 324 g/mol. The van der Waals surface area contributed by atoms with E-state index in [4.69, 9.17) is 11.6 Å². The maximum absolute atomic E-state index is 11.8. The molecule has 4 nitrogen and oxygen atoms in total. The quantitative estimate of drug-likeness (QED) is 0.799. The molecule has 0 aromatic heterocycles. The summed E-state index contributed by atoms with van der Waals surface area (Å²) in [4.78, 5) is 25.2. The smallest absolute Gasteiger partial charge is 0.221 e. The van der Waals surface area contributed by atoms with Crippen molar-refractivity contribution in [2.75, 3.05) is 13.1 Å². The molecule has 0 saturated heterocycles. The van der Waals surface area contributed by atoms with Gasteiger partial charge in [-0.05, 0) is 37.5 Å². The number of nitrogens with zero attached hydrogens (tertiary/aromatic N) is 1. The van der Waals surface area contributed by atoms with Crippen molar-refractivity contribution in [2.24, 2.45) is 0 Å². The number of hydrogen-bond donors (Lipinski definition) is 1. The summed E-state index contributed by atoms with van der Waals surface area (Å²) in [6.07, 6.45) is 1.96. The van der Waals surface area contributed by atoms with Crippen molar-refractivity contribution in [1.29, 1.82) is 0 Å². The summed E-state index contributed by atoms with van der Waals surface area (Å²) >= 11 is 5.95. The van der Waals surface area contributed by atoms with E-state index in [1.54, 1.807) is 4.90 Å². The first kappa shape index (κ1) is 18.5. The Morgan fingerprint density at radius 3 is 2.64 bits per heavy atom. The molecule has 2 amide bonds. The lowest BCUT2D eigenvalue weighted by molar-refractivity contribution is -0.129. The van der Waals surface area contributed by atoms with E-state index in [1.165, 1.54) is 6.92 Å². The number of halogens is 1. The zero-order chi connectivity index (χ0) is 16.5. The second-order valence-electron chi connectivity index (χ2n) is 5.51. The topological polar surface area (TPSA) is 49.4 Å². The van der Waals surface area contributed by atoms with Gasteiger partial charge in [-0.2, -0.15) is 0 Å². The molecule has 22 heavy (non-hydrogen) atoms. The molecule has 1 aromatic rings. The van der Waals surface area contributed by atoms with E-state index in [0.717, 1.165) is 18.4 Å². The van der Waals surface area contributed by atoms with E-state index in [1.807, 2.05) is 38.1 Å². The Kier molecular flexibility index (Phi) is 7.96. The van der Waals surface area contributed by atoms with Crippen LogP contribution in [-0.4, -0.2) is 35.8 Å². The number of benzene rings is 1. The van der Waals surface area contributed by atoms with Crippen molar-refractivity contribution >= 4 is 23.4 Å². The van der Waals surface area contributed by atoms with E-state index in [0.29, 0.717) is 24.5 Å². The van der Waals surface area contributed by atoms with Crippen LogP contribution in [0.1, 0.15) is 39.2 Å². The van der Waals surface area contributed by atoms with Gasteiger partial charge in [0.2, 0.25) is 11.8 Å². The minimum atomic E-state index is -0.0154. The third-order valence-corrected chi connectivity index (χ3v) is 3.87. The first-order valence-electron chi connectivity index (χ1n) is 7.71. The third-order valence-electron chi connectivity index (χ3n) is 3.63.